The van der Waals surface area contributed by atoms with Gasteiger partial charge in [-0.25, -0.2) is 9.18 Å². The van der Waals surface area contributed by atoms with Gasteiger partial charge in [-0.15, -0.1) is 0 Å². The van der Waals surface area contributed by atoms with E-state index in [9.17, 15) is 14.0 Å². The van der Waals surface area contributed by atoms with E-state index < -0.39 is 0 Å². The molecule has 0 atom stereocenters. The van der Waals surface area contributed by atoms with Crippen LogP contribution in [0.15, 0.2) is 73.1 Å². The van der Waals surface area contributed by atoms with Gasteiger partial charge in [0, 0.05) is 31.0 Å². The molecule has 1 aromatic heterocycles. The first-order chi connectivity index (χ1) is 15.6. The van der Waals surface area contributed by atoms with Crippen LogP contribution in [0.2, 0.25) is 0 Å². The Kier molecular flexibility index (Phi) is 6.60. The summed E-state index contributed by atoms with van der Waals surface area (Å²) in [6, 6.07) is 15.8. The van der Waals surface area contributed by atoms with E-state index in [1.54, 1.807) is 47.6 Å². The van der Waals surface area contributed by atoms with Crippen LogP contribution >= 0.6 is 0 Å². The molecule has 1 fully saturated rings. The summed E-state index contributed by atoms with van der Waals surface area (Å²) in [5, 5.41) is 5.60. The molecule has 3 aromatic rings. The van der Waals surface area contributed by atoms with E-state index in [0.717, 1.165) is 0 Å². The summed E-state index contributed by atoms with van der Waals surface area (Å²) in [6.45, 7) is 1.03. The van der Waals surface area contributed by atoms with Gasteiger partial charge in [-0.3, -0.25) is 9.78 Å². The maximum absolute atomic E-state index is 13.1. The first-order valence-corrected chi connectivity index (χ1v) is 10.4. The number of urea groups is 1. The monoisotopic (exact) mass is 434 g/mol. The van der Waals surface area contributed by atoms with Crippen molar-refractivity contribution < 1.29 is 18.7 Å². The number of nitrogens with one attached hydrogen (secondary N) is 2. The average Bonchev–Trinajstić information content (AvgIpc) is 2.82. The quantitative estimate of drug-likeness (QED) is 0.622. The van der Waals surface area contributed by atoms with E-state index in [0.29, 0.717) is 48.7 Å². The van der Waals surface area contributed by atoms with Crippen molar-refractivity contribution in [3.8, 4) is 11.5 Å². The molecule has 0 bridgehead atoms. The van der Waals surface area contributed by atoms with Crippen LogP contribution in [0.1, 0.15) is 23.2 Å². The molecule has 8 heteroatoms. The van der Waals surface area contributed by atoms with Crippen molar-refractivity contribution in [3.63, 3.8) is 0 Å². The number of ether oxygens (including phenoxy) is 1. The highest BCUT2D eigenvalue weighted by Crippen LogP contribution is 2.26. The lowest BCUT2D eigenvalue weighted by molar-refractivity contribution is 0.0706. The van der Waals surface area contributed by atoms with Gasteiger partial charge in [0.2, 0.25) is 0 Å². The van der Waals surface area contributed by atoms with Crippen molar-refractivity contribution in [2.75, 3.05) is 18.4 Å². The van der Waals surface area contributed by atoms with E-state index in [1.807, 2.05) is 6.07 Å². The molecule has 0 radical (unpaired) electrons. The van der Waals surface area contributed by atoms with Gasteiger partial charge in [-0.1, -0.05) is 12.1 Å². The minimum atomic E-state index is -0.361. The van der Waals surface area contributed by atoms with Gasteiger partial charge in [0.05, 0.1) is 11.8 Å². The third kappa shape index (κ3) is 5.40. The van der Waals surface area contributed by atoms with Crippen molar-refractivity contribution in [1.29, 1.82) is 0 Å². The van der Waals surface area contributed by atoms with Crippen molar-refractivity contribution in [2.45, 2.75) is 18.9 Å². The fraction of sp³-hybridized carbons (Fsp3) is 0.208. The number of carbonyl (C=O) groups is 2. The van der Waals surface area contributed by atoms with Gasteiger partial charge in [-0.2, -0.15) is 0 Å². The zero-order valence-electron chi connectivity index (χ0n) is 17.3. The molecule has 0 aliphatic carbocycles. The molecule has 164 valence electrons. The number of likely N-dealkylation sites (tertiary alicyclic amines) is 1. The number of hydrogen-bond acceptors (Lipinski definition) is 4. The second-order valence-corrected chi connectivity index (χ2v) is 7.46. The van der Waals surface area contributed by atoms with Gasteiger partial charge in [0.15, 0.2) is 0 Å². The van der Waals surface area contributed by atoms with Crippen molar-refractivity contribution in [2.24, 2.45) is 0 Å². The first-order valence-electron chi connectivity index (χ1n) is 10.4. The van der Waals surface area contributed by atoms with Gasteiger partial charge in [0.1, 0.15) is 17.3 Å². The summed E-state index contributed by atoms with van der Waals surface area (Å²) in [5.41, 5.74) is 0.999. The molecule has 0 unspecified atom stereocenters. The number of nitrogens with zero attached hydrogens (tertiary/aromatic N) is 2. The van der Waals surface area contributed by atoms with Gasteiger partial charge in [-0.05, 0) is 61.4 Å². The summed E-state index contributed by atoms with van der Waals surface area (Å²) < 4.78 is 18.8. The van der Waals surface area contributed by atoms with E-state index in [2.05, 4.69) is 15.6 Å². The van der Waals surface area contributed by atoms with Gasteiger partial charge >= 0.3 is 6.03 Å². The molecular formula is C24H23FN4O3. The molecule has 1 aliphatic heterocycles. The molecule has 32 heavy (non-hydrogen) atoms. The van der Waals surface area contributed by atoms with Crippen molar-refractivity contribution >= 4 is 17.6 Å². The summed E-state index contributed by atoms with van der Waals surface area (Å²) in [7, 11) is 0. The Labute approximate surface area is 185 Å². The number of hydrogen-bond donors (Lipinski definition) is 2. The molecule has 7 nitrogen and oxygen atoms in total. The highest BCUT2D eigenvalue weighted by Gasteiger charge is 2.26. The maximum atomic E-state index is 13.1. The SMILES string of the molecule is O=C(Nc1ccc(F)cc1)NC1CCN(C(=O)c2ccccc2Oc2cccnc2)CC1. The van der Waals surface area contributed by atoms with E-state index in [-0.39, 0.29) is 23.8 Å². The van der Waals surface area contributed by atoms with Crippen LogP contribution in [0, 0.1) is 5.82 Å². The number of rotatable bonds is 5. The molecule has 1 aliphatic rings. The minimum Gasteiger partial charge on any atom is -0.455 e. The summed E-state index contributed by atoms with van der Waals surface area (Å²) in [4.78, 5) is 31.1. The average molecular weight is 434 g/mol. The number of pyridine rings is 1. The lowest BCUT2D eigenvalue weighted by Gasteiger charge is -2.32. The lowest BCUT2D eigenvalue weighted by atomic mass is 10.0. The number of benzene rings is 2. The Morgan fingerprint density at radius 3 is 2.47 bits per heavy atom. The Bertz CT molecular complexity index is 1070. The van der Waals surface area contributed by atoms with E-state index >= 15 is 0 Å². The summed E-state index contributed by atoms with van der Waals surface area (Å²) >= 11 is 0. The maximum Gasteiger partial charge on any atom is 0.319 e. The summed E-state index contributed by atoms with van der Waals surface area (Å²) in [6.07, 6.45) is 4.51. The smallest absolute Gasteiger partial charge is 0.319 e. The molecule has 0 spiro atoms. The zero-order chi connectivity index (χ0) is 22.3. The number of piperidine rings is 1. The molecule has 3 amide bonds. The number of anilines is 1. The number of aromatic nitrogens is 1. The van der Waals surface area contributed by atoms with Crippen LogP contribution in [-0.2, 0) is 0 Å². The second kappa shape index (κ2) is 9.91. The lowest BCUT2D eigenvalue weighted by Crippen LogP contribution is -2.47. The fourth-order valence-corrected chi connectivity index (χ4v) is 3.55. The largest absolute Gasteiger partial charge is 0.455 e. The number of halogens is 1. The third-order valence-corrected chi connectivity index (χ3v) is 5.20. The van der Waals surface area contributed by atoms with E-state index in [1.165, 1.54) is 24.3 Å². The molecule has 2 N–H and O–H groups in total. The normalized spacial score (nSPS) is 14.0. The second-order valence-electron chi connectivity index (χ2n) is 7.46. The van der Waals surface area contributed by atoms with Crippen molar-refractivity contribution in [1.82, 2.24) is 15.2 Å². The molecule has 2 aromatic carbocycles. The number of amides is 3. The standard InChI is InChI=1S/C24H23FN4O3/c25-17-7-9-18(10-8-17)27-24(31)28-19-11-14-29(15-12-19)23(30)21-5-1-2-6-22(21)32-20-4-3-13-26-16-20/h1-10,13,16,19H,11-12,14-15H2,(H2,27,28,31). The Hall–Kier alpha value is -3.94. The van der Waals surface area contributed by atoms with Crippen LogP contribution in [0.25, 0.3) is 0 Å². The highest BCUT2D eigenvalue weighted by atomic mass is 19.1. The van der Waals surface area contributed by atoms with Crippen LogP contribution in [0.5, 0.6) is 11.5 Å². The zero-order valence-corrected chi connectivity index (χ0v) is 17.3. The molecule has 2 heterocycles. The third-order valence-electron chi connectivity index (χ3n) is 5.20. The van der Waals surface area contributed by atoms with Crippen LogP contribution < -0.4 is 15.4 Å². The van der Waals surface area contributed by atoms with Gasteiger partial charge < -0.3 is 20.3 Å². The molecular weight excluding hydrogens is 411 g/mol. The number of para-hydroxylation sites is 1. The predicted molar refractivity (Wildman–Crippen MR) is 118 cm³/mol. The Morgan fingerprint density at radius 2 is 1.75 bits per heavy atom. The molecule has 0 saturated carbocycles. The molecule has 1 saturated heterocycles. The predicted octanol–water partition coefficient (Wildman–Crippen LogP) is 4.44. The Morgan fingerprint density at radius 1 is 1.00 bits per heavy atom. The van der Waals surface area contributed by atoms with Crippen molar-refractivity contribution in [3.05, 3.63) is 84.4 Å². The van der Waals surface area contributed by atoms with E-state index in [4.69, 9.17) is 4.74 Å². The van der Waals surface area contributed by atoms with Gasteiger partial charge in [0.25, 0.3) is 5.91 Å². The first kappa shape index (κ1) is 21.3. The van der Waals surface area contributed by atoms with Crippen LogP contribution in [0.3, 0.4) is 0 Å². The summed E-state index contributed by atoms with van der Waals surface area (Å²) in [5.74, 6) is 0.561. The molecule has 4 rings (SSSR count). The van der Waals surface area contributed by atoms with Crippen LogP contribution in [-0.4, -0.2) is 41.0 Å². The number of carbonyl (C=O) groups excluding carboxylic acids is 2. The topological polar surface area (TPSA) is 83.6 Å². The van der Waals surface area contributed by atoms with Crippen LogP contribution in [0.4, 0.5) is 14.9 Å². The Balaban J connectivity index is 1.32. The fourth-order valence-electron chi connectivity index (χ4n) is 3.55. The highest BCUT2D eigenvalue weighted by molar-refractivity contribution is 5.97. The minimum absolute atomic E-state index is 0.0543.